The minimum absolute atomic E-state index is 0.128. The lowest BCUT2D eigenvalue weighted by atomic mass is 10.1. The van der Waals surface area contributed by atoms with Crippen LogP contribution in [0.2, 0.25) is 0 Å². The van der Waals surface area contributed by atoms with E-state index in [9.17, 15) is 13.2 Å². The van der Waals surface area contributed by atoms with Gasteiger partial charge >= 0.3 is 0 Å². The molecule has 0 aliphatic heterocycles. The normalized spacial score (nSPS) is 11.8. The summed E-state index contributed by atoms with van der Waals surface area (Å²) in [6, 6.07) is 18.1. The molecular formula is C25H25N3O3S2. The average Bonchev–Trinajstić information content (AvgIpc) is 3.24. The van der Waals surface area contributed by atoms with Crippen molar-refractivity contribution in [3.8, 4) is 0 Å². The quantitative estimate of drug-likeness (QED) is 0.374. The molecule has 8 heteroatoms. The van der Waals surface area contributed by atoms with Crippen LogP contribution in [0.4, 0.5) is 5.13 Å². The summed E-state index contributed by atoms with van der Waals surface area (Å²) >= 11 is 1.47. The first-order valence-electron chi connectivity index (χ1n) is 10.6. The number of benzene rings is 2. The maximum Gasteiger partial charge on any atom is 0.233 e. The van der Waals surface area contributed by atoms with Crippen molar-refractivity contribution in [3.05, 3.63) is 83.7 Å². The number of aryl methyl sites for hydroxylation is 1. The Morgan fingerprint density at radius 3 is 2.42 bits per heavy atom. The number of carbonyl (C=O) groups is 1. The molecule has 1 amide bonds. The monoisotopic (exact) mass is 479 g/mol. The minimum Gasteiger partial charge on any atom is -0.282 e. The maximum absolute atomic E-state index is 13.4. The zero-order chi connectivity index (χ0) is 23.6. The van der Waals surface area contributed by atoms with Crippen molar-refractivity contribution < 1.29 is 13.2 Å². The van der Waals surface area contributed by atoms with Crippen LogP contribution in [0.15, 0.2) is 71.8 Å². The van der Waals surface area contributed by atoms with Crippen LogP contribution in [0.5, 0.6) is 0 Å². The van der Waals surface area contributed by atoms with Gasteiger partial charge in [0.15, 0.2) is 15.0 Å². The number of para-hydroxylation sites is 1. The molecule has 2 aromatic heterocycles. The van der Waals surface area contributed by atoms with Gasteiger partial charge in [-0.3, -0.25) is 14.7 Å². The van der Waals surface area contributed by atoms with Gasteiger partial charge < -0.3 is 0 Å². The number of sulfone groups is 1. The second-order valence-corrected chi connectivity index (χ2v) is 11.6. The largest absolute Gasteiger partial charge is 0.282 e. The van der Waals surface area contributed by atoms with Crippen molar-refractivity contribution in [2.45, 2.75) is 43.9 Å². The molecule has 0 fully saturated rings. The molecule has 0 N–H and O–H groups in total. The Morgan fingerprint density at radius 1 is 1.03 bits per heavy atom. The van der Waals surface area contributed by atoms with Gasteiger partial charge in [0.2, 0.25) is 5.91 Å². The van der Waals surface area contributed by atoms with Crippen molar-refractivity contribution in [3.63, 3.8) is 0 Å². The smallest absolute Gasteiger partial charge is 0.233 e. The van der Waals surface area contributed by atoms with E-state index in [2.05, 4.69) is 4.98 Å². The van der Waals surface area contributed by atoms with Crippen LogP contribution >= 0.6 is 11.3 Å². The number of aromatic nitrogens is 2. The molecule has 0 radical (unpaired) electrons. The van der Waals surface area contributed by atoms with Crippen LogP contribution in [0, 0.1) is 6.92 Å². The molecule has 0 spiro atoms. The highest BCUT2D eigenvalue weighted by Crippen LogP contribution is 2.31. The lowest BCUT2D eigenvalue weighted by Gasteiger charge is -2.20. The summed E-state index contributed by atoms with van der Waals surface area (Å²) in [7, 11) is -3.35. The molecule has 4 aromatic rings. The predicted octanol–water partition coefficient (Wildman–Crippen LogP) is 4.96. The number of carbonyl (C=O) groups excluding carboxylic acids is 1. The number of fused-ring (bicyclic) bond motifs is 1. The third kappa shape index (κ3) is 4.96. The van der Waals surface area contributed by atoms with Crippen LogP contribution in [-0.2, 0) is 27.6 Å². The molecule has 2 heterocycles. The molecule has 170 valence electrons. The number of amides is 1. The molecule has 0 aliphatic rings. The van der Waals surface area contributed by atoms with Gasteiger partial charge in [-0.2, -0.15) is 0 Å². The van der Waals surface area contributed by atoms with Crippen LogP contribution in [0.3, 0.4) is 0 Å². The summed E-state index contributed by atoms with van der Waals surface area (Å²) in [5.41, 5.74) is 3.45. The first-order valence-corrected chi connectivity index (χ1v) is 13.0. The fraction of sp³-hybridized carbons (Fsp3) is 0.240. The third-order valence-electron chi connectivity index (χ3n) is 5.42. The topological polar surface area (TPSA) is 80.2 Å². The molecule has 0 saturated heterocycles. The van der Waals surface area contributed by atoms with Crippen LogP contribution in [0.1, 0.15) is 30.7 Å². The van der Waals surface area contributed by atoms with E-state index in [-0.39, 0.29) is 17.2 Å². The Hall–Kier alpha value is -3.10. The van der Waals surface area contributed by atoms with Gasteiger partial charge in [-0.05, 0) is 62.2 Å². The van der Waals surface area contributed by atoms with Gasteiger partial charge in [-0.25, -0.2) is 13.4 Å². The van der Waals surface area contributed by atoms with Gasteiger partial charge in [0.25, 0.3) is 0 Å². The number of anilines is 1. The van der Waals surface area contributed by atoms with E-state index in [0.717, 1.165) is 27.0 Å². The minimum atomic E-state index is -3.35. The number of thiazole rings is 1. The van der Waals surface area contributed by atoms with E-state index in [1.807, 2.05) is 43.3 Å². The molecule has 0 atom stereocenters. The lowest BCUT2D eigenvalue weighted by molar-refractivity contribution is -0.118. The fourth-order valence-electron chi connectivity index (χ4n) is 3.45. The summed E-state index contributed by atoms with van der Waals surface area (Å²) < 4.78 is 25.8. The number of nitrogens with zero attached hydrogens (tertiary/aromatic N) is 3. The molecule has 4 rings (SSSR count). The molecule has 0 unspecified atom stereocenters. The van der Waals surface area contributed by atoms with Crippen molar-refractivity contribution in [2.24, 2.45) is 0 Å². The first kappa shape index (κ1) is 23.1. The van der Waals surface area contributed by atoms with E-state index in [1.165, 1.54) is 11.3 Å². The van der Waals surface area contributed by atoms with Crippen molar-refractivity contribution in [1.82, 2.24) is 9.97 Å². The van der Waals surface area contributed by atoms with Crippen LogP contribution in [-0.4, -0.2) is 29.5 Å². The van der Waals surface area contributed by atoms with Gasteiger partial charge in [0, 0.05) is 6.20 Å². The zero-order valence-electron chi connectivity index (χ0n) is 18.7. The van der Waals surface area contributed by atoms with Gasteiger partial charge in [0.1, 0.15) is 0 Å². The number of rotatable bonds is 7. The lowest BCUT2D eigenvalue weighted by Crippen LogP contribution is -2.32. The van der Waals surface area contributed by atoms with E-state index in [0.29, 0.717) is 11.7 Å². The highest BCUT2D eigenvalue weighted by molar-refractivity contribution is 7.92. The van der Waals surface area contributed by atoms with Crippen molar-refractivity contribution >= 4 is 42.4 Å². The molecule has 0 saturated carbocycles. The second kappa shape index (κ2) is 9.41. The Balaban J connectivity index is 1.64. The molecule has 0 aliphatic carbocycles. The molecule has 2 aromatic carbocycles. The molecule has 33 heavy (non-hydrogen) atoms. The van der Waals surface area contributed by atoms with Crippen molar-refractivity contribution in [2.75, 3.05) is 4.90 Å². The van der Waals surface area contributed by atoms with Gasteiger partial charge in [0.05, 0.1) is 39.0 Å². The third-order valence-corrected chi connectivity index (χ3v) is 8.63. The summed E-state index contributed by atoms with van der Waals surface area (Å²) in [5, 5.41) is 0.121. The Morgan fingerprint density at radius 2 is 1.79 bits per heavy atom. The number of hydrogen-bond acceptors (Lipinski definition) is 6. The highest BCUT2D eigenvalue weighted by atomic mass is 32.2. The zero-order valence-corrected chi connectivity index (χ0v) is 20.4. The van der Waals surface area contributed by atoms with E-state index < -0.39 is 15.1 Å². The average molecular weight is 480 g/mol. The van der Waals surface area contributed by atoms with E-state index in [4.69, 9.17) is 4.98 Å². The predicted molar refractivity (Wildman–Crippen MR) is 132 cm³/mol. The van der Waals surface area contributed by atoms with Gasteiger partial charge in [-0.1, -0.05) is 41.7 Å². The molecule has 0 bridgehead atoms. The fourth-order valence-corrected chi connectivity index (χ4v) is 5.57. The molecule has 6 nitrogen and oxygen atoms in total. The summed E-state index contributed by atoms with van der Waals surface area (Å²) in [6.07, 6.45) is 1.83. The standard InChI is InChI=1S/C25H25N3O3S2/c1-17(2)33(30,31)21-12-10-19(11-13-21)15-23(29)28(16-20-8-4-5-14-26-20)25-27-24-18(3)7-6-9-22(24)32-25/h4-14,17H,15-16H2,1-3H3. The Kier molecular flexibility index (Phi) is 6.58. The first-order chi connectivity index (χ1) is 15.8. The second-order valence-electron chi connectivity index (χ2n) is 8.13. The summed E-state index contributed by atoms with van der Waals surface area (Å²) in [4.78, 5) is 24.5. The Bertz CT molecular complexity index is 1380. The number of hydrogen-bond donors (Lipinski definition) is 0. The van der Waals surface area contributed by atoms with Crippen molar-refractivity contribution in [1.29, 1.82) is 0 Å². The van der Waals surface area contributed by atoms with Crippen LogP contribution < -0.4 is 4.90 Å². The van der Waals surface area contributed by atoms with Crippen LogP contribution in [0.25, 0.3) is 10.2 Å². The maximum atomic E-state index is 13.4. The van der Waals surface area contributed by atoms with E-state index >= 15 is 0 Å². The molecular weight excluding hydrogens is 454 g/mol. The highest BCUT2D eigenvalue weighted by Gasteiger charge is 2.23. The van der Waals surface area contributed by atoms with Gasteiger partial charge in [-0.15, -0.1) is 0 Å². The SMILES string of the molecule is Cc1cccc2sc(N(Cc3ccccn3)C(=O)Cc3ccc(S(=O)(=O)C(C)C)cc3)nc12. The number of pyridine rings is 1. The summed E-state index contributed by atoms with van der Waals surface area (Å²) in [5.74, 6) is -0.128. The Labute approximate surface area is 197 Å². The summed E-state index contributed by atoms with van der Waals surface area (Å²) in [6.45, 7) is 5.62. The van der Waals surface area contributed by atoms with E-state index in [1.54, 1.807) is 49.2 Å².